The number of piperidine rings is 1. The van der Waals surface area contributed by atoms with Crippen molar-refractivity contribution in [2.75, 3.05) is 13.1 Å². The minimum absolute atomic E-state index is 0.0871. The molecule has 0 radical (unpaired) electrons. The summed E-state index contributed by atoms with van der Waals surface area (Å²) in [6, 6.07) is 23.9. The van der Waals surface area contributed by atoms with Crippen LogP contribution in [0.15, 0.2) is 71.1 Å². The number of hydrogen-bond donors (Lipinski definition) is 1. The normalized spacial score (nSPS) is 17.8. The van der Waals surface area contributed by atoms with Crippen LogP contribution in [0.2, 0.25) is 0 Å². The van der Waals surface area contributed by atoms with Crippen LogP contribution in [0.5, 0.6) is 0 Å². The van der Waals surface area contributed by atoms with E-state index in [0.717, 1.165) is 51.3 Å². The van der Waals surface area contributed by atoms with Gasteiger partial charge in [-0.1, -0.05) is 73.9 Å². The number of rotatable bonds is 9. The summed E-state index contributed by atoms with van der Waals surface area (Å²) in [5.74, 6) is 1.22. The highest BCUT2D eigenvalue weighted by atomic mass is 16.4. The van der Waals surface area contributed by atoms with Gasteiger partial charge in [-0.15, -0.1) is 0 Å². The van der Waals surface area contributed by atoms with Crippen molar-refractivity contribution in [3.05, 3.63) is 94.9 Å². The second-order valence-electron chi connectivity index (χ2n) is 10.9. The van der Waals surface area contributed by atoms with E-state index in [1.165, 1.54) is 48.8 Å². The summed E-state index contributed by atoms with van der Waals surface area (Å²) < 4.78 is 6.11. The average molecular weight is 500 g/mol. The number of furan rings is 1. The summed E-state index contributed by atoms with van der Waals surface area (Å²) in [6.45, 7) is 6.82. The molecule has 0 unspecified atom stereocenters. The third-order valence-electron chi connectivity index (χ3n) is 8.14. The Hall–Kier alpha value is -2.89. The Bertz CT molecular complexity index is 1130. The van der Waals surface area contributed by atoms with E-state index in [-0.39, 0.29) is 11.9 Å². The van der Waals surface area contributed by atoms with E-state index >= 15 is 0 Å². The lowest BCUT2D eigenvalue weighted by Gasteiger charge is -2.34. The Kier molecular flexibility index (Phi) is 8.75. The van der Waals surface area contributed by atoms with E-state index in [0.29, 0.717) is 11.8 Å². The van der Waals surface area contributed by atoms with Gasteiger partial charge in [-0.05, 0) is 61.4 Å². The Morgan fingerprint density at radius 3 is 2.38 bits per heavy atom. The Morgan fingerprint density at radius 2 is 1.62 bits per heavy atom. The number of hydrogen-bond acceptors (Lipinski definition) is 4. The fourth-order valence-electron chi connectivity index (χ4n) is 5.89. The van der Waals surface area contributed by atoms with E-state index in [4.69, 9.17) is 4.42 Å². The van der Waals surface area contributed by atoms with Gasteiger partial charge in [0.05, 0.1) is 6.54 Å². The monoisotopic (exact) mass is 499 g/mol. The molecule has 1 amide bonds. The van der Waals surface area contributed by atoms with Gasteiger partial charge in [-0.3, -0.25) is 14.6 Å². The minimum Gasteiger partial charge on any atom is -0.455 e. The van der Waals surface area contributed by atoms with Gasteiger partial charge in [0.2, 0.25) is 0 Å². The lowest BCUT2D eigenvalue weighted by atomic mass is 9.93. The summed E-state index contributed by atoms with van der Waals surface area (Å²) in [6.07, 6.45) is 8.35. The number of carbonyl (C=O) groups excluding carboxylic acids is 1. The fourth-order valence-corrected chi connectivity index (χ4v) is 5.89. The summed E-state index contributed by atoms with van der Waals surface area (Å²) in [5, 5.41) is 3.22. The Labute approximate surface area is 221 Å². The highest BCUT2D eigenvalue weighted by molar-refractivity contribution is 5.91. The lowest BCUT2D eigenvalue weighted by molar-refractivity contribution is 0.0872. The second kappa shape index (κ2) is 12.6. The zero-order chi connectivity index (χ0) is 25.5. The summed E-state index contributed by atoms with van der Waals surface area (Å²) in [4.78, 5) is 18.0. The third kappa shape index (κ3) is 7.12. The van der Waals surface area contributed by atoms with E-state index in [1.807, 2.05) is 12.1 Å². The van der Waals surface area contributed by atoms with Crippen molar-refractivity contribution in [1.82, 2.24) is 15.1 Å². The molecular formula is C32H41N3O2. The molecule has 0 atom stereocenters. The molecule has 196 valence electrons. The Morgan fingerprint density at radius 1 is 0.892 bits per heavy atom. The van der Waals surface area contributed by atoms with Gasteiger partial charge in [0.1, 0.15) is 5.76 Å². The molecular weight excluding hydrogens is 458 g/mol. The van der Waals surface area contributed by atoms with E-state index < -0.39 is 0 Å². The van der Waals surface area contributed by atoms with Crippen LogP contribution in [0.4, 0.5) is 0 Å². The molecule has 5 nitrogen and oxygen atoms in total. The maximum Gasteiger partial charge on any atom is 0.287 e. The molecule has 0 spiro atoms. The molecule has 0 bridgehead atoms. The number of carbonyl (C=O) groups is 1. The van der Waals surface area contributed by atoms with Crippen molar-refractivity contribution in [1.29, 1.82) is 0 Å². The highest BCUT2D eigenvalue weighted by Crippen LogP contribution is 2.27. The molecule has 3 aromatic rings. The van der Waals surface area contributed by atoms with Crippen LogP contribution in [-0.2, 0) is 19.6 Å². The second-order valence-corrected chi connectivity index (χ2v) is 10.9. The van der Waals surface area contributed by atoms with Crippen LogP contribution >= 0.6 is 0 Å². The molecule has 1 aliphatic carbocycles. The fraction of sp³-hybridized carbons (Fsp3) is 0.469. The van der Waals surface area contributed by atoms with Gasteiger partial charge in [0.25, 0.3) is 5.91 Å². The lowest BCUT2D eigenvalue weighted by Crippen LogP contribution is -2.44. The number of amides is 1. The van der Waals surface area contributed by atoms with Gasteiger partial charge in [0.15, 0.2) is 5.76 Å². The largest absolute Gasteiger partial charge is 0.455 e. The number of likely N-dealkylation sites (tertiary alicyclic amines) is 1. The molecule has 5 rings (SSSR count). The molecule has 1 aromatic heterocycles. The number of nitrogens with one attached hydrogen (secondary N) is 1. The molecule has 2 heterocycles. The minimum atomic E-state index is -0.0871. The molecule has 1 aliphatic heterocycles. The number of benzene rings is 2. The predicted octanol–water partition coefficient (Wildman–Crippen LogP) is 6.32. The van der Waals surface area contributed by atoms with Crippen LogP contribution in [0, 0.1) is 6.92 Å². The molecule has 1 saturated heterocycles. The molecule has 1 saturated carbocycles. The molecule has 1 N–H and O–H groups in total. The predicted molar refractivity (Wildman–Crippen MR) is 148 cm³/mol. The van der Waals surface area contributed by atoms with Gasteiger partial charge < -0.3 is 9.73 Å². The van der Waals surface area contributed by atoms with Crippen molar-refractivity contribution >= 4 is 5.91 Å². The number of aryl methyl sites for hydroxylation is 1. The first-order valence-corrected chi connectivity index (χ1v) is 14.1. The first-order valence-electron chi connectivity index (χ1n) is 14.1. The molecule has 2 aliphatic rings. The number of nitrogens with zero attached hydrogens (tertiary/aromatic N) is 2. The topological polar surface area (TPSA) is 48.7 Å². The van der Waals surface area contributed by atoms with Crippen molar-refractivity contribution in [3.8, 4) is 0 Å². The van der Waals surface area contributed by atoms with Crippen LogP contribution in [0.3, 0.4) is 0 Å². The van der Waals surface area contributed by atoms with Crippen molar-refractivity contribution < 1.29 is 9.21 Å². The quantitative estimate of drug-likeness (QED) is 0.374. The average Bonchev–Trinajstić information content (AvgIpc) is 3.41. The smallest absolute Gasteiger partial charge is 0.287 e. The third-order valence-corrected chi connectivity index (χ3v) is 8.14. The van der Waals surface area contributed by atoms with Crippen LogP contribution in [0.1, 0.15) is 78.0 Å². The van der Waals surface area contributed by atoms with E-state index in [2.05, 4.69) is 76.6 Å². The van der Waals surface area contributed by atoms with Crippen molar-refractivity contribution in [2.24, 2.45) is 0 Å². The SMILES string of the molecule is Cc1ccccc1CN(Cc1ccc(C(=O)NC2CCN(Cc3ccccc3)CC2)o1)C1CCCCC1. The first kappa shape index (κ1) is 25.7. The van der Waals surface area contributed by atoms with Crippen molar-refractivity contribution in [2.45, 2.75) is 83.6 Å². The van der Waals surface area contributed by atoms with Crippen LogP contribution in [0.25, 0.3) is 0 Å². The zero-order valence-electron chi connectivity index (χ0n) is 22.2. The molecule has 5 heteroatoms. The van der Waals surface area contributed by atoms with Gasteiger partial charge >= 0.3 is 0 Å². The van der Waals surface area contributed by atoms with Crippen LogP contribution in [-0.4, -0.2) is 40.9 Å². The van der Waals surface area contributed by atoms with E-state index in [9.17, 15) is 4.79 Å². The Balaban J connectivity index is 1.15. The molecule has 2 fully saturated rings. The highest BCUT2D eigenvalue weighted by Gasteiger charge is 2.25. The molecule has 37 heavy (non-hydrogen) atoms. The zero-order valence-corrected chi connectivity index (χ0v) is 22.2. The standard InChI is InChI=1S/C32H41N3O2/c1-25-10-8-9-13-27(25)23-35(29-14-6-3-7-15-29)24-30-16-17-31(37-30)32(36)33-28-18-20-34(21-19-28)22-26-11-4-2-5-12-26/h2,4-5,8-13,16-17,28-29H,3,6-7,14-15,18-24H2,1H3,(H,33,36). The van der Waals surface area contributed by atoms with Gasteiger partial charge in [0, 0.05) is 38.3 Å². The molecule has 2 aromatic carbocycles. The van der Waals surface area contributed by atoms with Crippen LogP contribution < -0.4 is 5.32 Å². The summed E-state index contributed by atoms with van der Waals surface area (Å²) in [7, 11) is 0. The van der Waals surface area contributed by atoms with E-state index in [1.54, 1.807) is 0 Å². The summed E-state index contributed by atoms with van der Waals surface area (Å²) in [5.41, 5.74) is 4.05. The maximum atomic E-state index is 13.0. The van der Waals surface area contributed by atoms with Gasteiger partial charge in [-0.2, -0.15) is 0 Å². The summed E-state index contributed by atoms with van der Waals surface area (Å²) >= 11 is 0. The first-order chi connectivity index (χ1) is 18.1. The van der Waals surface area contributed by atoms with Crippen molar-refractivity contribution in [3.63, 3.8) is 0 Å². The van der Waals surface area contributed by atoms with Gasteiger partial charge in [-0.25, -0.2) is 0 Å². The maximum absolute atomic E-state index is 13.0.